The van der Waals surface area contributed by atoms with Crippen LogP contribution >= 0.6 is 0 Å². The van der Waals surface area contributed by atoms with Gasteiger partial charge in [-0.25, -0.2) is 0 Å². The van der Waals surface area contributed by atoms with Crippen LogP contribution in [-0.2, 0) is 6.54 Å². The van der Waals surface area contributed by atoms with E-state index in [0.29, 0.717) is 23.4 Å². The number of carbonyl (C=O) groups excluding carboxylic acids is 2. The number of hydrogen-bond donors (Lipinski definition) is 2. The monoisotopic (exact) mass is 344 g/mol. The number of nitrogens with one attached hydrogen (secondary N) is 2. The number of para-hydroxylation sites is 1. The zero-order valence-corrected chi connectivity index (χ0v) is 14.5. The molecule has 0 bridgehead atoms. The maximum atomic E-state index is 12.6. The van der Waals surface area contributed by atoms with Gasteiger partial charge in [-0.15, -0.1) is 0 Å². The first-order valence-corrected chi connectivity index (χ1v) is 8.42. The second-order valence-electron chi connectivity index (χ2n) is 6.03. The van der Waals surface area contributed by atoms with Crippen LogP contribution in [0.4, 0.5) is 5.69 Å². The third kappa shape index (κ3) is 4.36. The molecule has 0 spiro atoms. The molecule has 0 fully saturated rings. The minimum Gasteiger partial charge on any atom is -0.348 e. The van der Waals surface area contributed by atoms with Crippen molar-refractivity contribution in [3.63, 3.8) is 0 Å². The Hall–Kier alpha value is -3.40. The maximum Gasteiger partial charge on any atom is 0.255 e. The summed E-state index contributed by atoms with van der Waals surface area (Å²) in [6.45, 7) is 2.45. The van der Waals surface area contributed by atoms with Crippen molar-refractivity contribution >= 4 is 17.5 Å². The van der Waals surface area contributed by atoms with Crippen LogP contribution in [-0.4, -0.2) is 11.8 Å². The van der Waals surface area contributed by atoms with Gasteiger partial charge in [-0.05, 0) is 36.8 Å². The maximum absolute atomic E-state index is 12.6. The van der Waals surface area contributed by atoms with Crippen LogP contribution in [0.25, 0.3) is 0 Å². The third-order valence-corrected chi connectivity index (χ3v) is 4.03. The van der Waals surface area contributed by atoms with Crippen LogP contribution < -0.4 is 10.6 Å². The van der Waals surface area contributed by atoms with E-state index in [-0.39, 0.29) is 11.8 Å². The fourth-order valence-electron chi connectivity index (χ4n) is 2.56. The molecule has 2 N–H and O–H groups in total. The van der Waals surface area contributed by atoms with Gasteiger partial charge in [-0.2, -0.15) is 0 Å². The molecule has 2 amide bonds. The SMILES string of the molecule is Cc1ccc(CNC(=O)c2ccccc2NC(=O)c2ccccc2)cc1. The van der Waals surface area contributed by atoms with Gasteiger partial charge in [-0.3, -0.25) is 9.59 Å². The van der Waals surface area contributed by atoms with E-state index in [1.54, 1.807) is 48.5 Å². The van der Waals surface area contributed by atoms with Gasteiger partial charge < -0.3 is 10.6 Å². The molecule has 0 saturated carbocycles. The molecule has 0 heterocycles. The third-order valence-electron chi connectivity index (χ3n) is 4.03. The molecule has 26 heavy (non-hydrogen) atoms. The molecule has 4 heteroatoms. The van der Waals surface area contributed by atoms with E-state index in [1.807, 2.05) is 37.3 Å². The van der Waals surface area contributed by atoms with Crippen LogP contribution in [0, 0.1) is 6.92 Å². The molecule has 0 aliphatic rings. The molecule has 0 unspecified atom stereocenters. The molecule has 0 aromatic heterocycles. The summed E-state index contributed by atoms with van der Waals surface area (Å²) < 4.78 is 0. The molecule has 0 aliphatic heterocycles. The molecule has 3 aromatic carbocycles. The lowest BCUT2D eigenvalue weighted by atomic mass is 10.1. The van der Waals surface area contributed by atoms with Gasteiger partial charge in [-0.1, -0.05) is 60.2 Å². The van der Waals surface area contributed by atoms with Crippen molar-refractivity contribution in [2.45, 2.75) is 13.5 Å². The largest absolute Gasteiger partial charge is 0.348 e. The van der Waals surface area contributed by atoms with E-state index < -0.39 is 0 Å². The van der Waals surface area contributed by atoms with Crippen LogP contribution in [0.2, 0.25) is 0 Å². The Morgan fingerprint density at radius 3 is 2.15 bits per heavy atom. The van der Waals surface area contributed by atoms with Crippen molar-refractivity contribution in [3.8, 4) is 0 Å². The van der Waals surface area contributed by atoms with Crippen LogP contribution in [0.3, 0.4) is 0 Å². The van der Waals surface area contributed by atoms with Crippen LogP contribution in [0.5, 0.6) is 0 Å². The summed E-state index contributed by atoms with van der Waals surface area (Å²) >= 11 is 0. The summed E-state index contributed by atoms with van der Waals surface area (Å²) in [5, 5.41) is 5.71. The summed E-state index contributed by atoms with van der Waals surface area (Å²) in [6.07, 6.45) is 0. The normalized spacial score (nSPS) is 10.2. The van der Waals surface area contributed by atoms with Gasteiger partial charge in [0.2, 0.25) is 0 Å². The second-order valence-corrected chi connectivity index (χ2v) is 6.03. The number of hydrogen-bond acceptors (Lipinski definition) is 2. The van der Waals surface area contributed by atoms with Gasteiger partial charge >= 0.3 is 0 Å². The lowest BCUT2D eigenvalue weighted by molar-refractivity contribution is 0.0952. The van der Waals surface area contributed by atoms with E-state index in [1.165, 1.54) is 5.56 Å². The van der Waals surface area contributed by atoms with Crippen molar-refractivity contribution < 1.29 is 9.59 Å². The number of aryl methyl sites for hydroxylation is 1. The Labute approximate surface area is 152 Å². The first-order chi connectivity index (χ1) is 12.6. The predicted octanol–water partition coefficient (Wildman–Crippen LogP) is 4.18. The van der Waals surface area contributed by atoms with E-state index >= 15 is 0 Å². The first kappa shape index (κ1) is 17.4. The Morgan fingerprint density at radius 1 is 0.769 bits per heavy atom. The predicted molar refractivity (Wildman–Crippen MR) is 103 cm³/mol. The average molecular weight is 344 g/mol. The van der Waals surface area contributed by atoms with Crippen molar-refractivity contribution in [2.75, 3.05) is 5.32 Å². The lowest BCUT2D eigenvalue weighted by Gasteiger charge is -2.12. The zero-order valence-electron chi connectivity index (χ0n) is 14.5. The van der Waals surface area contributed by atoms with Crippen LogP contribution in [0.15, 0.2) is 78.9 Å². The van der Waals surface area contributed by atoms with E-state index in [0.717, 1.165) is 5.56 Å². The minimum atomic E-state index is -0.246. The Kier molecular flexibility index (Phi) is 5.44. The van der Waals surface area contributed by atoms with Gasteiger partial charge in [0.05, 0.1) is 11.3 Å². The van der Waals surface area contributed by atoms with Gasteiger partial charge in [0.15, 0.2) is 0 Å². The second kappa shape index (κ2) is 8.12. The van der Waals surface area contributed by atoms with Gasteiger partial charge in [0.1, 0.15) is 0 Å². The van der Waals surface area contributed by atoms with Crippen molar-refractivity contribution in [1.82, 2.24) is 5.32 Å². The molecule has 4 nitrogen and oxygen atoms in total. The standard InChI is InChI=1S/C22H20N2O2/c1-16-11-13-17(14-12-16)15-23-22(26)19-9-5-6-10-20(19)24-21(25)18-7-3-2-4-8-18/h2-14H,15H2,1H3,(H,23,26)(H,24,25). The summed E-state index contributed by atoms with van der Waals surface area (Å²) in [5.41, 5.74) is 3.66. The summed E-state index contributed by atoms with van der Waals surface area (Å²) in [5.74, 6) is -0.473. The summed E-state index contributed by atoms with van der Waals surface area (Å²) in [7, 11) is 0. The number of amides is 2. The van der Waals surface area contributed by atoms with E-state index in [4.69, 9.17) is 0 Å². The minimum absolute atomic E-state index is 0.227. The van der Waals surface area contributed by atoms with E-state index in [9.17, 15) is 9.59 Å². The molecule has 0 atom stereocenters. The highest BCUT2D eigenvalue weighted by molar-refractivity contribution is 6.08. The topological polar surface area (TPSA) is 58.2 Å². The van der Waals surface area contributed by atoms with Gasteiger partial charge in [0, 0.05) is 12.1 Å². The van der Waals surface area contributed by atoms with Gasteiger partial charge in [0.25, 0.3) is 11.8 Å². The quantitative estimate of drug-likeness (QED) is 0.729. The molecular weight excluding hydrogens is 324 g/mol. The Bertz CT molecular complexity index is 903. The fraction of sp³-hybridized carbons (Fsp3) is 0.0909. The van der Waals surface area contributed by atoms with E-state index in [2.05, 4.69) is 10.6 Å². The van der Waals surface area contributed by atoms with Crippen molar-refractivity contribution in [3.05, 3.63) is 101 Å². The summed E-state index contributed by atoms with van der Waals surface area (Å²) in [4.78, 5) is 24.9. The zero-order chi connectivity index (χ0) is 18.4. The smallest absolute Gasteiger partial charge is 0.255 e. The average Bonchev–Trinajstić information content (AvgIpc) is 2.68. The highest BCUT2D eigenvalue weighted by Gasteiger charge is 2.13. The Balaban J connectivity index is 1.70. The number of benzene rings is 3. The molecule has 3 rings (SSSR count). The van der Waals surface area contributed by atoms with Crippen LogP contribution in [0.1, 0.15) is 31.8 Å². The highest BCUT2D eigenvalue weighted by atomic mass is 16.2. The molecule has 0 saturated heterocycles. The number of anilines is 1. The molecule has 0 radical (unpaired) electrons. The first-order valence-electron chi connectivity index (χ1n) is 8.42. The van der Waals surface area contributed by atoms with Crippen molar-refractivity contribution in [1.29, 1.82) is 0 Å². The highest BCUT2D eigenvalue weighted by Crippen LogP contribution is 2.16. The molecule has 0 aliphatic carbocycles. The molecule has 3 aromatic rings. The molecule has 130 valence electrons. The fourth-order valence-corrected chi connectivity index (χ4v) is 2.56. The Morgan fingerprint density at radius 2 is 1.42 bits per heavy atom. The lowest BCUT2D eigenvalue weighted by Crippen LogP contribution is -2.24. The number of rotatable bonds is 5. The van der Waals surface area contributed by atoms with Crippen molar-refractivity contribution in [2.24, 2.45) is 0 Å². The summed E-state index contributed by atoms with van der Waals surface area (Å²) in [6, 6.07) is 23.9. The molecular formula is C22H20N2O2. The number of carbonyl (C=O) groups is 2.